The van der Waals surface area contributed by atoms with Crippen molar-refractivity contribution in [1.82, 2.24) is 4.98 Å². The number of rotatable bonds is 2. The van der Waals surface area contributed by atoms with Gasteiger partial charge in [-0.25, -0.2) is 0 Å². The van der Waals surface area contributed by atoms with E-state index in [1.54, 1.807) is 0 Å². The maximum absolute atomic E-state index is 12.8. The Labute approximate surface area is 124 Å². The highest BCUT2D eigenvalue weighted by molar-refractivity contribution is 6.04. The number of hydrogen-bond acceptors (Lipinski definition) is 1. The minimum absolute atomic E-state index is 0.246. The second kappa shape index (κ2) is 5.02. The van der Waals surface area contributed by atoms with Crippen LogP contribution in [0.5, 0.6) is 0 Å². The van der Waals surface area contributed by atoms with Gasteiger partial charge < -0.3 is 4.98 Å². The minimum Gasteiger partial charge on any atom is -0.354 e. The summed E-state index contributed by atoms with van der Waals surface area (Å²) >= 11 is 0. The summed E-state index contributed by atoms with van der Waals surface area (Å²) in [5.41, 5.74) is 2.27. The molecule has 3 rings (SSSR count). The molecule has 0 aliphatic rings. The number of nitrogens with one attached hydrogen (secondary N) is 1. The first-order chi connectivity index (χ1) is 10.4. The molecule has 0 saturated carbocycles. The van der Waals surface area contributed by atoms with E-state index < -0.39 is 11.7 Å². The second-order valence-corrected chi connectivity index (χ2v) is 5.10. The summed E-state index contributed by atoms with van der Waals surface area (Å²) in [6, 6.07) is 10.8. The molecule has 1 N–H and O–H groups in total. The van der Waals surface area contributed by atoms with Gasteiger partial charge in [0.25, 0.3) is 0 Å². The average molecular weight is 303 g/mol. The van der Waals surface area contributed by atoms with E-state index in [9.17, 15) is 18.0 Å². The van der Waals surface area contributed by atoms with E-state index in [4.69, 9.17) is 0 Å². The van der Waals surface area contributed by atoms with Gasteiger partial charge in [-0.15, -0.1) is 0 Å². The number of aromatic amines is 1. The molecule has 0 unspecified atom stereocenters. The van der Waals surface area contributed by atoms with Crippen molar-refractivity contribution in [2.75, 3.05) is 0 Å². The van der Waals surface area contributed by atoms with E-state index in [-0.39, 0.29) is 10.9 Å². The Kier molecular flexibility index (Phi) is 3.28. The number of alkyl halides is 3. The topological polar surface area (TPSA) is 32.9 Å². The Morgan fingerprint density at radius 2 is 1.82 bits per heavy atom. The Hall–Kier alpha value is -2.56. The number of carbonyl (C=O) groups excluding carboxylic acids is 1. The fourth-order valence-corrected chi connectivity index (χ4v) is 2.58. The highest BCUT2D eigenvalue weighted by Crippen LogP contribution is 2.35. The van der Waals surface area contributed by atoms with Crippen LogP contribution in [0.25, 0.3) is 22.2 Å². The number of aldehydes is 1. The van der Waals surface area contributed by atoms with Gasteiger partial charge in [-0.2, -0.15) is 13.2 Å². The monoisotopic (exact) mass is 303 g/mol. The lowest BCUT2D eigenvalue weighted by Gasteiger charge is -2.06. The third kappa shape index (κ3) is 2.28. The molecule has 5 heteroatoms. The zero-order valence-corrected chi connectivity index (χ0v) is 11.7. The van der Waals surface area contributed by atoms with E-state index in [1.165, 1.54) is 6.07 Å². The van der Waals surface area contributed by atoms with Crippen LogP contribution in [-0.2, 0) is 6.18 Å². The van der Waals surface area contributed by atoms with E-state index in [1.807, 2.05) is 31.2 Å². The summed E-state index contributed by atoms with van der Waals surface area (Å²) in [6.07, 6.45) is -3.84. The van der Waals surface area contributed by atoms with Gasteiger partial charge in [0.05, 0.1) is 11.3 Å². The minimum atomic E-state index is -4.44. The van der Waals surface area contributed by atoms with Crippen LogP contribution < -0.4 is 0 Å². The molecule has 0 bridgehead atoms. The van der Waals surface area contributed by atoms with Crippen LogP contribution in [0.2, 0.25) is 0 Å². The van der Waals surface area contributed by atoms with Crippen molar-refractivity contribution in [2.45, 2.75) is 13.1 Å². The lowest BCUT2D eigenvalue weighted by molar-refractivity contribution is -0.137. The Bertz CT molecular complexity index is 862. The zero-order valence-electron chi connectivity index (χ0n) is 11.7. The van der Waals surface area contributed by atoms with Gasteiger partial charge in [0, 0.05) is 22.0 Å². The summed E-state index contributed by atoms with van der Waals surface area (Å²) in [5, 5.41) is 0.281. The maximum atomic E-state index is 12.8. The van der Waals surface area contributed by atoms with Crippen LogP contribution in [0.15, 0.2) is 42.5 Å². The number of aryl methyl sites for hydroxylation is 1. The van der Waals surface area contributed by atoms with Crippen LogP contribution in [0, 0.1) is 6.92 Å². The fraction of sp³-hybridized carbons (Fsp3) is 0.118. The molecule has 0 amide bonds. The lowest BCUT2D eigenvalue weighted by atomic mass is 10.0. The van der Waals surface area contributed by atoms with Crippen molar-refractivity contribution in [3.8, 4) is 11.3 Å². The van der Waals surface area contributed by atoms with Crippen molar-refractivity contribution >= 4 is 17.2 Å². The van der Waals surface area contributed by atoms with E-state index in [2.05, 4.69) is 4.98 Å². The SMILES string of the molecule is Cc1ccccc1-c1[nH]c2ccc(C(F)(F)F)cc2c1C=O. The van der Waals surface area contributed by atoms with Crippen molar-refractivity contribution in [2.24, 2.45) is 0 Å². The predicted molar refractivity (Wildman–Crippen MR) is 78.9 cm³/mol. The summed E-state index contributed by atoms with van der Waals surface area (Å²) in [7, 11) is 0. The molecule has 2 aromatic carbocycles. The van der Waals surface area contributed by atoms with Gasteiger partial charge in [-0.3, -0.25) is 4.79 Å². The molecule has 22 heavy (non-hydrogen) atoms. The third-order valence-electron chi connectivity index (χ3n) is 3.70. The predicted octanol–water partition coefficient (Wildman–Crippen LogP) is 4.97. The molecule has 0 aliphatic carbocycles. The molecule has 3 aromatic rings. The Morgan fingerprint density at radius 1 is 1.09 bits per heavy atom. The van der Waals surface area contributed by atoms with Crippen LogP contribution in [-0.4, -0.2) is 11.3 Å². The number of benzene rings is 2. The molecule has 0 atom stereocenters. The van der Waals surface area contributed by atoms with Crippen LogP contribution in [0.3, 0.4) is 0 Å². The van der Waals surface area contributed by atoms with Crippen LogP contribution in [0.1, 0.15) is 21.5 Å². The first kappa shape index (κ1) is 14.4. The first-order valence-electron chi connectivity index (χ1n) is 6.66. The van der Waals surface area contributed by atoms with Crippen molar-refractivity contribution in [3.05, 3.63) is 59.2 Å². The lowest BCUT2D eigenvalue weighted by Crippen LogP contribution is -2.04. The normalized spacial score (nSPS) is 11.8. The fourth-order valence-electron chi connectivity index (χ4n) is 2.58. The Morgan fingerprint density at radius 3 is 2.45 bits per heavy atom. The van der Waals surface area contributed by atoms with Gasteiger partial charge in [0.2, 0.25) is 0 Å². The number of H-pyrrole nitrogens is 1. The highest BCUT2D eigenvalue weighted by atomic mass is 19.4. The number of aromatic nitrogens is 1. The first-order valence-corrected chi connectivity index (χ1v) is 6.66. The summed E-state index contributed by atoms with van der Waals surface area (Å²) in [6.45, 7) is 1.89. The van der Waals surface area contributed by atoms with E-state index in [0.717, 1.165) is 23.3 Å². The molecule has 0 aliphatic heterocycles. The van der Waals surface area contributed by atoms with Gasteiger partial charge in [0.1, 0.15) is 0 Å². The standard InChI is InChI=1S/C17H12F3NO/c1-10-4-2-3-5-12(10)16-14(9-22)13-8-11(17(18,19)20)6-7-15(13)21-16/h2-9,21H,1H3. The average Bonchev–Trinajstić information content (AvgIpc) is 2.84. The van der Waals surface area contributed by atoms with E-state index >= 15 is 0 Å². The molecule has 0 spiro atoms. The number of fused-ring (bicyclic) bond motifs is 1. The smallest absolute Gasteiger partial charge is 0.354 e. The Balaban J connectivity index is 2.30. The summed E-state index contributed by atoms with van der Waals surface area (Å²) < 4.78 is 38.5. The number of halogens is 3. The number of hydrogen-bond donors (Lipinski definition) is 1. The molecule has 112 valence electrons. The van der Waals surface area contributed by atoms with E-state index in [0.29, 0.717) is 17.5 Å². The zero-order chi connectivity index (χ0) is 15.9. The third-order valence-corrected chi connectivity index (χ3v) is 3.70. The van der Waals surface area contributed by atoms with Crippen molar-refractivity contribution in [1.29, 1.82) is 0 Å². The molecular formula is C17H12F3NO. The summed E-state index contributed by atoms with van der Waals surface area (Å²) in [4.78, 5) is 14.5. The molecule has 1 heterocycles. The van der Waals surface area contributed by atoms with Gasteiger partial charge in [-0.05, 0) is 30.7 Å². The molecule has 1 aromatic heterocycles. The molecule has 2 nitrogen and oxygen atoms in total. The quantitative estimate of drug-likeness (QED) is 0.666. The van der Waals surface area contributed by atoms with Gasteiger partial charge >= 0.3 is 6.18 Å². The second-order valence-electron chi connectivity index (χ2n) is 5.10. The van der Waals surface area contributed by atoms with Crippen LogP contribution >= 0.6 is 0 Å². The van der Waals surface area contributed by atoms with Gasteiger partial charge in [0.15, 0.2) is 6.29 Å². The van der Waals surface area contributed by atoms with Gasteiger partial charge in [-0.1, -0.05) is 24.3 Å². The molecule has 0 saturated heterocycles. The largest absolute Gasteiger partial charge is 0.416 e. The van der Waals surface area contributed by atoms with Crippen LogP contribution in [0.4, 0.5) is 13.2 Å². The summed E-state index contributed by atoms with van der Waals surface area (Å²) in [5.74, 6) is 0. The molecular weight excluding hydrogens is 291 g/mol. The van der Waals surface area contributed by atoms with Crippen molar-refractivity contribution < 1.29 is 18.0 Å². The molecule has 0 radical (unpaired) electrons. The maximum Gasteiger partial charge on any atom is 0.416 e. The van der Waals surface area contributed by atoms with Crippen molar-refractivity contribution in [3.63, 3.8) is 0 Å². The molecule has 0 fully saturated rings. The number of carbonyl (C=O) groups is 1. The highest BCUT2D eigenvalue weighted by Gasteiger charge is 2.31.